The van der Waals surface area contributed by atoms with E-state index >= 15 is 0 Å². The van der Waals surface area contributed by atoms with Crippen LogP contribution in [0.2, 0.25) is 5.02 Å². The first kappa shape index (κ1) is 21.5. The van der Waals surface area contributed by atoms with Crippen LogP contribution in [0, 0.1) is 41.5 Å². The maximum absolute atomic E-state index is 6.15. The second kappa shape index (κ2) is 8.43. The minimum absolute atomic E-state index is 0.762. The maximum Gasteiger partial charge on any atom is 0.114 e. The second-order valence-corrected chi connectivity index (χ2v) is 9.29. The van der Waals surface area contributed by atoms with Gasteiger partial charge in [0, 0.05) is 29.5 Å². The summed E-state index contributed by atoms with van der Waals surface area (Å²) < 4.78 is 0. The lowest BCUT2D eigenvalue weighted by atomic mass is 10.0. The molecule has 1 aliphatic rings. The van der Waals surface area contributed by atoms with Gasteiger partial charge in [0.15, 0.2) is 0 Å². The van der Waals surface area contributed by atoms with Crippen molar-refractivity contribution in [3.05, 3.63) is 98.3 Å². The zero-order valence-electron chi connectivity index (χ0n) is 19.4. The Morgan fingerprint density at radius 1 is 0.645 bits per heavy atom. The topological polar surface area (TPSA) is 6.48 Å². The highest BCUT2D eigenvalue weighted by molar-refractivity contribution is 6.30. The van der Waals surface area contributed by atoms with Crippen molar-refractivity contribution in [1.29, 1.82) is 0 Å². The Kier molecular flexibility index (Phi) is 5.85. The van der Waals surface area contributed by atoms with E-state index < -0.39 is 0 Å². The first-order chi connectivity index (χ1) is 14.7. The number of hydrogen-bond donors (Lipinski definition) is 0. The molecule has 0 atom stereocenters. The van der Waals surface area contributed by atoms with E-state index in [0.717, 1.165) is 23.7 Å². The Morgan fingerprint density at radius 2 is 1.03 bits per heavy atom. The summed E-state index contributed by atoms with van der Waals surface area (Å²) >= 11 is 6.15. The minimum atomic E-state index is 0.762. The molecule has 31 heavy (non-hydrogen) atoms. The van der Waals surface area contributed by atoms with E-state index in [1.807, 2.05) is 12.1 Å². The molecule has 160 valence electrons. The number of anilines is 2. The number of rotatable bonds is 3. The van der Waals surface area contributed by atoms with Gasteiger partial charge in [-0.3, -0.25) is 0 Å². The van der Waals surface area contributed by atoms with Crippen molar-refractivity contribution in [2.24, 2.45) is 0 Å². The van der Waals surface area contributed by atoms with E-state index in [-0.39, 0.29) is 0 Å². The van der Waals surface area contributed by atoms with E-state index in [1.165, 1.54) is 50.6 Å². The van der Waals surface area contributed by atoms with Gasteiger partial charge in [0.1, 0.15) is 5.82 Å². The summed E-state index contributed by atoms with van der Waals surface area (Å²) in [4.78, 5) is 4.97. The molecule has 1 saturated heterocycles. The Balaban J connectivity index is 1.89. The molecule has 0 saturated carbocycles. The number of benzene rings is 3. The van der Waals surface area contributed by atoms with Gasteiger partial charge in [0.25, 0.3) is 0 Å². The zero-order valence-corrected chi connectivity index (χ0v) is 20.1. The molecule has 1 heterocycles. The number of hydrogen-bond acceptors (Lipinski definition) is 2. The van der Waals surface area contributed by atoms with Gasteiger partial charge in [-0.1, -0.05) is 59.1 Å². The van der Waals surface area contributed by atoms with Crippen molar-refractivity contribution in [3.8, 4) is 0 Å². The molecule has 0 unspecified atom stereocenters. The monoisotopic (exact) mass is 430 g/mol. The third-order valence-corrected chi connectivity index (χ3v) is 6.33. The fraction of sp³-hybridized carbons (Fsp3) is 0.286. The van der Waals surface area contributed by atoms with Crippen molar-refractivity contribution in [2.45, 2.75) is 41.5 Å². The van der Waals surface area contributed by atoms with Crippen LogP contribution in [0.25, 0.3) is 6.08 Å². The van der Waals surface area contributed by atoms with E-state index in [4.69, 9.17) is 11.6 Å². The van der Waals surface area contributed by atoms with Crippen LogP contribution in [0.3, 0.4) is 0 Å². The molecular formula is C28H31ClN2. The summed E-state index contributed by atoms with van der Waals surface area (Å²) in [6.07, 6.45) is 2.29. The Morgan fingerprint density at radius 3 is 1.42 bits per heavy atom. The molecule has 0 N–H and O–H groups in total. The van der Waals surface area contributed by atoms with Crippen molar-refractivity contribution in [2.75, 3.05) is 22.9 Å². The zero-order chi connectivity index (χ0) is 22.3. The lowest BCUT2D eigenvalue weighted by molar-refractivity contribution is 1.01. The summed E-state index contributed by atoms with van der Waals surface area (Å²) in [5.74, 6) is 1.22. The normalized spacial score (nSPS) is 13.8. The molecule has 3 aromatic rings. The summed E-state index contributed by atoms with van der Waals surface area (Å²) in [5, 5.41) is 0.762. The molecule has 0 bridgehead atoms. The van der Waals surface area contributed by atoms with Crippen molar-refractivity contribution >= 4 is 29.1 Å². The quantitative estimate of drug-likeness (QED) is 0.424. The fourth-order valence-electron chi connectivity index (χ4n) is 5.09. The van der Waals surface area contributed by atoms with Crippen molar-refractivity contribution in [1.82, 2.24) is 0 Å². The lowest BCUT2D eigenvalue weighted by Crippen LogP contribution is -2.25. The van der Waals surface area contributed by atoms with Gasteiger partial charge in [-0.2, -0.15) is 0 Å². The molecule has 0 aliphatic carbocycles. The van der Waals surface area contributed by atoms with Gasteiger partial charge in [-0.25, -0.2) is 0 Å². The van der Waals surface area contributed by atoms with Gasteiger partial charge >= 0.3 is 0 Å². The van der Waals surface area contributed by atoms with E-state index in [1.54, 1.807) is 0 Å². The molecule has 0 amide bonds. The van der Waals surface area contributed by atoms with Gasteiger partial charge in [-0.15, -0.1) is 0 Å². The average Bonchev–Trinajstić information content (AvgIpc) is 3.05. The van der Waals surface area contributed by atoms with Crippen molar-refractivity contribution in [3.63, 3.8) is 0 Å². The number of halogens is 1. The molecular weight excluding hydrogens is 400 g/mol. The first-order valence-corrected chi connectivity index (χ1v) is 11.3. The predicted octanol–water partition coefficient (Wildman–Crippen LogP) is 7.52. The molecule has 0 aromatic heterocycles. The van der Waals surface area contributed by atoms with Crippen LogP contribution < -0.4 is 9.80 Å². The summed E-state index contributed by atoms with van der Waals surface area (Å²) in [5.41, 5.74) is 11.7. The Bertz CT molecular complexity index is 1040. The average molecular weight is 431 g/mol. The van der Waals surface area contributed by atoms with Crippen LogP contribution in [0.1, 0.15) is 38.9 Å². The first-order valence-electron chi connectivity index (χ1n) is 10.9. The highest BCUT2D eigenvalue weighted by Gasteiger charge is 2.30. The largest absolute Gasteiger partial charge is 0.325 e. The lowest BCUT2D eigenvalue weighted by Gasteiger charge is -2.30. The summed E-state index contributed by atoms with van der Waals surface area (Å²) in [6.45, 7) is 15.1. The molecule has 3 heteroatoms. The maximum atomic E-state index is 6.15. The molecule has 3 aromatic carbocycles. The Labute approximate surface area is 191 Å². The molecule has 2 nitrogen and oxygen atoms in total. The molecule has 1 fully saturated rings. The molecule has 4 rings (SSSR count). The highest BCUT2D eigenvalue weighted by Crippen LogP contribution is 2.39. The smallest absolute Gasteiger partial charge is 0.114 e. The van der Waals surface area contributed by atoms with E-state index in [0.29, 0.717) is 0 Å². The second-order valence-electron chi connectivity index (χ2n) is 8.85. The molecule has 1 aliphatic heterocycles. The Hall–Kier alpha value is -2.71. The van der Waals surface area contributed by atoms with Crippen molar-refractivity contribution < 1.29 is 0 Å². The van der Waals surface area contributed by atoms with Crippen LogP contribution in [0.5, 0.6) is 0 Å². The van der Waals surface area contributed by atoms with E-state index in [2.05, 4.69) is 93.8 Å². The van der Waals surface area contributed by atoms with Gasteiger partial charge in [-0.05, 0) is 87.6 Å². The van der Waals surface area contributed by atoms with Crippen LogP contribution in [0.15, 0.2) is 54.4 Å². The minimum Gasteiger partial charge on any atom is -0.325 e. The van der Waals surface area contributed by atoms with Gasteiger partial charge in [0.05, 0.1) is 0 Å². The van der Waals surface area contributed by atoms with Crippen LogP contribution in [-0.2, 0) is 0 Å². The van der Waals surface area contributed by atoms with Crippen LogP contribution >= 0.6 is 11.6 Å². The van der Waals surface area contributed by atoms with Crippen LogP contribution in [-0.4, -0.2) is 13.1 Å². The third-order valence-electron chi connectivity index (χ3n) is 6.08. The summed E-state index contributed by atoms with van der Waals surface area (Å²) in [7, 11) is 0. The van der Waals surface area contributed by atoms with Gasteiger partial charge in [0.2, 0.25) is 0 Å². The highest BCUT2D eigenvalue weighted by atomic mass is 35.5. The predicted molar refractivity (Wildman–Crippen MR) is 135 cm³/mol. The molecule has 0 radical (unpaired) electrons. The van der Waals surface area contributed by atoms with E-state index in [9.17, 15) is 0 Å². The molecule has 0 spiro atoms. The fourth-order valence-corrected chi connectivity index (χ4v) is 5.21. The third kappa shape index (κ3) is 4.22. The number of aryl methyl sites for hydroxylation is 6. The standard InChI is InChI=1S/C28H31ClN2/c1-18-13-20(3)27(21(4)14-18)30-11-12-31(28-22(5)15-19(2)16-23(28)6)26(30)17-24-7-9-25(29)10-8-24/h7-10,13-17H,11-12H2,1-6H3. The van der Waals surface area contributed by atoms with Gasteiger partial charge < -0.3 is 9.80 Å². The van der Waals surface area contributed by atoms with Crippen LogP contribution in [0.4, 0.5) is 11.4 Å². The SMILES string of the molecule is Cc1cc(C)c(N2CCN(c3c(C)cc(C)cc3C)C2=Cc2ccc(Cl)cc2)c(C)c1. The summed E-state index contributed by atoms with van der Waals surface area (Å²) in [6, 6.07) is 17.2. The number of nitrogens with zero attached hydrogens (tertiary/aromatic N) is 2.